The number of carbonyl (C=O) groups excluding carboxylic acids is 1. The number of hydrogen-bond acceptors (Lipinski definition) is 3. The summed E-state index contributed by atoms with van der Waals surface area (Å²) in [5.41, 5.74) is 2.84. The fourth-order valence-corrected chi connectivity index (χ4v) is 1.64. The van der Waals surface area contributed by atoms with Crippen molar-refractivity contribution in [2.45, 2.75) is 13.5 Å². The molecule has 1 aromatic rings. The minimum absolute atomic E-state index is 0.0164. The number of anilines is 1. The Morgan fingerprint density at radius 2 is 1.94 bits per heavy atom. The number of nitrogens with zero attached hydrogens (tertiary/aromatic N) is 2. The molecule has 0 atom stereocenters. The monoisotopic (exact) mass is 236 g/mol. The van der Waals surface area contributed by atoms with Crippen LogP contribution in [-0.4, -0.2) is 43.6 Å². The molecule has 0 fully saturated rings. The predicted octanol–water partition coefficient (Wildman–Crippen LogP) is 1.01. The molecule has 0 heterocycles. The Morgan fingerprint density at radius 1 is 1.29 bits per heavy atom. The van der Waals surface area contributed by atoms with Crippen molar-refractivity contribution >= 4 is 11.6 Å². The molecule has 94 valence electrons. The molecular formula is C13H20N2O2. The Labute approximate surface area is 102 Å². The molecule has 0 bridgehead atoms. The summed E-state index contributed by atoms with van der Waals surface area (Å²) in [5.74, 6) is 0.0389. The average molecular weight is 236 g/mol. The molecule has 1 rings (SSSR count). The summed E-state index contributed by atoms with van der Waals surface area (Å²) >= 11 is 0. The first-order valence-corrected chi connectivity index (χ1v) is 5.57. The SMILES string of the molecule is Cc1ccc(N(C)CC(=O)N(C)C)c(CO)c1. The minimum Gasteiger partial charge on any atom is -0.392 e. The van der Waals surface area contributed by atoms with Gasteiger partial charge >= 0.3 is 0 Å². The van der Waals surface area contributed by atoms with Crippen LogP contribution >= 0.6 is 0 Å². The van der Waals surface area contributed by atoms with Crippen LogP contribution in [0.25, 0.3) is 0 Å². The van der Waals surface area contributed by atoms with Crippen molar-refractivity contribution in [3.05, 3.63) is 29.3 Å². The molecule has 0 spiro atoms. The van der Waals surface area contributed by atoms with Gasteiger partial charge < -0.3 is 14.9 Å². The summed E-state index contributed by atoms with van der Waals surface area (Å²) in [7, 11) is 5.32. The second-order valence-corrected chi connectivity index (χ2v) is 4.43. The first kappa shape index (κ1) is 13.5. The molecule has 1 amide bonds. The zero-order valence-corrected chi connectivity index (χ0v) is 10.9. The van der Waals surface area contributed by atoms with Crippen LogP contribution in [0.1, 0.15) is 11.1 Å². The zero-order chi connectivity index (χ0) is 13.0. The Bertz CT molecular complexity index is 402. The first-order chi connectivity index (χ1) is 7.95. The number of aryl methyl sites for hydroxylation is 1. The third kappa shape index (κ3) is 3.46. The maximum absolute atomic E-state index is 11.6. The van der Waals surface area contributed by atoms with Gasteiger partial charge in [-0.15, -0.1) is 0 Å². The van der Waals surface area contributed by atoms with Crippen molar-refractivity contribution in [1.29, 1.82) is 0 Å². The molecule has 0 unspecified atom stereocenters. The summed E-state index contributed by atoms with van der Waals surface area (Å²) in [6.07, 6.45) is 0. The maximum atomic E-state index is 11.6. The topological polar surface area (TPSA) is 43.8 Å². The van der Waals surface area contributed by atoms with E-state index in [0.717, 1.165) is 16.8 Å². The van der Waals surface area contributed by atoms with Gasteiger partial charge in [-0.3, -0.25) is 4.79 Å². The number of hydrogen-bond donors (Lipinski definition) is 1. The summed E-state index contributed by atoms with van der Waals surface area (Å²) < 4.78 is 0. The maximum Gasteiger partial charge on any atom is 0.241 e. The van der Waals surface area contributed by atoms with Gasteiger partial charge in [-0.25, -0.2) is 0 Å². The van der Waals surface area contributed by atoms with Gasteiger partial charge in [-0.05, 0) is 13.0 Å². The van der Waals surface area contributed by atoms with Gasteiger partial charge in [0.2, 0.25) is 5.91 Å². The van der Waals surface area contributed by atoms with Crippen LogP contribution in [-0.2, 0) is 11.4 Å². The molecular weight excluding hydrogens is 216 g/mol. The Hall–Kier alpha value is -1.55. The van der Waals surface area contributed by atoms with Crippen LogP contribution in [0.15, 0.2) is 18.2 Å². The average Bonchev–Trinajstić information content (AvgIpc) is 2.28. The number of amides is 1. The van der Waals surface area contributed by atoms with Gasteiger partial charge in [0.1, 0.15) is 0 Å². The molecule has 0 aromatic heterocycles. The van der Waals surface area contributed by atoms with Crippen molar-refractivity contribution in [1.82, 2.24) is 4.90 Å². The van der Waals surface area contributed by atoms with E-state index in [0.29, 0.717) is 6.54 Å². The lowest BCUT2D eigenvalue weighted by Crippen LogP contribution is -2.34. The Kier molecular flexibility index (Phi) is 4.52. The highest BCUT2D eigenvalue weighted by Crippen LogP contribution is 2.20. The van der Waals surface area contributed by atoms with Gasteiger partial charge in [0.25, 0.3) is 0 Å². The number of rotatable bonds is 4. The van der Waals surface area contributed by atoms with E-state index in [9.17, 15) is 9.90 Å². The fourth-order valence-electron chi connectivity index (χ4n) is 1.64. The molecule has 0 aliphatic heterocycles. The second kappa shape index (κ2) is 5.68. The molecule has 0 aliphatic rings. The largest absolute Gasteiger partial charge is 0.392 e. The molecule has 0 radical (unpaired) electrons. The number of aliphatic hydroxyl groups is 1. The predicted molar refractivity (Wildman–Crippen MR) is 69.1 cm³/mol. The first-order valence-electron chi connectivity index (χ1n) is 5.57. The highest BCUT2D eigenvalue weighted by Gasteiger charge is 2.12. The van der Waals surface area contributed by atoms with Gasteiger partial charge in [-0.1, -0.05) is 17.7 Å². The van der Waals surface area contributed by atoms with Gasteiger partial charge in [0.15, 0.2) is 0 Å². The Morgan fingerprint density at radius 3 is 2.47 bits per heavy atom. The third-order valence-electron chi connectivity index (χ3n) is 2.69. The highest BCUT2D eigenvalue weighted by atomic mass is 16.3. The van der Waals surface area contributed by atoms with Crippen LogP contribution < -0.4 is 4.90 Å². The molecule has 4 nitrogen and oxygen atoms in total. The van der Waals surface area contributed by atoms with Gasteiger partial charge in [-0.2, -0.15) is 0 Å². The number of likely N-dealkylation sites (N-methyl/N-ethyl adjacent to an activating group) is 2. The van der Waals surface area contributed by atoms with E-state index in [4.69, 9.17) is 0 Å². The molecule has 4 heteroatoms. The minimum atomic E-state index is -0.0164. The van der Waals surface area contributed by atoms with E-state index in [1.165, 1.54) is 0 Å². The van der Waals surface area contributed by atoms with Crippen LogP contribution in [0.5, 0.6) is 0 Å². The van der Waals surface area contributed by atoms with Gasteiger partial charge in [0, 0.05) is 32.4 Å². The van der Waals surface area contributed by atoms with E-state index < -0.39 is 0 Å². The molecule has 17 heavy (non-hydrogen) atoms. The molecule has 1 N–H and O–H groups in total. The second-order valence-electron chi connectivity index (χ2n) is 4.43. The molecule has 0 saturated heterocycles. The lowest BCUT2D eigenvalue weighted by Gasteiger charge is -2.23. The van der Waals surface area contributed by atoms with Crippen molar-refractivity contribution in [3.63, 3.8) is 0 Å². The zero-order valence-electron chi connectivity index (χ0n) is 10.9. The number of benzene rings is 1. The highest BCUT2D eigenvalue weighted by molar-refractivity contribution is 5.81. The molecule has 1 aromatic carbocycles. The van der Waals surface area contributed by atoms with Crippen molar-refractivity contribution in [3.8, 4) is 0 Å². The summed E-state index contributed by atoms with van der Waals surface area (Å²) in [5, 5.41) is 9.31. The van der Waals surface area contributed by atoms with E-state index in [1.807, 2.05) is 37.1 Å². The normalized spacial score (nSPS) is 10.2. The smallest absolute Gasteiger partial charge is 0.241 e. The summed E-state index contributed by atoms with van der Waals surface area (Å²) in [6.45, 7) is 2.27. The van der Waals surface area contributed by atoms with E-state index in [-0.39, 0.29) is 12.5 Å². The molecule has 0 saturated carbocycles. The lowest BCUT2D eigenvalue weighted by molar-refractivity contribution is -0.127. The molecule has 0 aliphatic carbocycles. The third-order valence-corrected chi connectivity index (χ3v) is 2.69. The van der Waals surface area contributed by atoms with E-state index >= 15 is 0 Å². The van der Waals surface area contributed by atoms with Crippen molar-refractivity contribution < 1.29 is 9.90 Å². The lowest BCUT2D eigenvalue weighted by atomic mass is 10.1. The number of aliphatic hydroxyl groups excluding tert-OH is 1. The van der Waals surface area contributed by atoms with Crippen LogP contribution in [0.4, 0.5) is 5.69 Å². The van der Waals surface area contributed by atoms with Crippen LogP contribution in [0.2, 0.25) is 0 Å². The quantitative estimate of drug-likeness (QED) is 0.848. The van der Waals surface area contributed by atoms with E-state index in [1.54, 1.807) is 19.0 Å². The Balaban J connectivity index is 2.88. The van der Waals surface area contributed by atoms with E-state index in [2.05, 4.69) is 0 Å². The summed E-state index contributed by atoms with van der Waals surface area (Å²) in [4.78, 5) is 15.0. The van der Waals surface area contributed by atoms with Gasteiger partial charge in [0.05, 0.1) is 13.2 Å². The standard InChI is InChI=1S/C13H20N2O2/c1-10-5-6-12(11(7-10)9-16)15(4)8-13(17)14(2)3/h5-7,16H,8-9H2,1-4H3. The fraction of sp³-hybridized carbons (Fsp3) is 0.462. The van der Waals surface area contributed by atoms with Crippen molar-refractivity contribution in [2.75, 3.05) is 32.6 Å². The summed E-state index contributed by atoms with van der Waals surface area (Å²) in [6, 6.07) is 5.85. The van der Waals surface area contributed by atoms with Crippen LogP contribution in [0.3, 0.4) is 0 Å². The van der Waals surface area contributed by atoms with Crippen LogP contribution in [0, 0.1) is 6.92 Å². The van der Waals surface area contributed by atoms with Crippen molar-refractivity contribution in [2.24, 2.45) is 0 Å². The number of carbonyl (C=O) groups is 1.